The molecule has 1 heterocycles. The summed E-state index contributed by atoms with van der Waals surface area (Å²) in [7, 11) is 0. The molecule has 1 fully saturated rings. The van der Waals surface area contributed by atoms with Crippen LogP contribution in [0, 0.1) is 5.92 Å². The van der Waals surface area contributed by atoms with Gasteiger partial charge in [-0.1, -0.05) is 48.5 Å². The number of alkyl halides is 3. The molecule has 1 aliphatic carbocycles. The minimum atomic E-state index is -4.86. The largest absolute Gasteiger partial charge is 0.481 e. The number of likely N-dealkylation sites (tertiary alicyclic amines) is 1. The van der Waals surface area contributed by atoms with Crippen molar-refractivity contribution >= 4 is 18.0 Å². The summed E-state index contributed by atoms with van der Waals surface area (Å²) in [5, 5.41) is 10.8. The van der Waals surface area contributed by atoms with Gasteiger partial charge in [0.05, 0.1) is 12.3 Å². The topological polar surface area (TPSA) is 95.9 Å². The van der Waals surface area contributed by atoms with E-state index in [0.717, 1.165) is 22.3 Å². The predicted molar refractivity (Wildman–Crippen MR) is 120 cm³/mol. The molecule has 2 aliphatic rings. The van der Waals surface area contributed by atoms with E-state index in [1.54, 1.807) is 5.32 Å². The van der Waals surface area contributed by atoms with E-state index in [9.17, 15) is 27.6 Å². The third-order valence-corrected chi connectivity index (χ3v) is 6.61. The van der Waals surface area contributed by atoms with Gasteiger partial charge in [-0.2, -0.15) is 13.2 Å². The lowest BCUT2D eigenvalue weighted by molar-refractivity contribution is -0.164. The number of halogens is 3. The van der Waals surface area contributed by atoms with Crippen molar-refractivity contribution in [3.8, 4) is 11.1 Å². The molecule has 1 saturated heterocycles. The number of carbonyl (C=O) groups excluding carboxylic acids is 2. The van der Waals surface area contributed by atoms with E-state index in [1.165, 1.54) is 4.90 Å². The van der Waals surface area contributed by atoms with Crippen LogP contribution in [0.25, 0.3) is 11.1 Å². The van der Waals surface area contributed by atoms with E-state index >= 15 is 0 Å². The van der Waals surface area contributed by atoms with Crippen LogP contribution < -0.4 is 5.32 Å². The molecule has 2 aromatic carbocycles. The van der Waals surface area contributed by atoms with Crippen LogP contribution in [0.15, 0.2) is 48.5 Å². The third kappa shape index (κ3) is 5.41. The number of carboxylic acid groups (broad SMARTS) is 1. The van der Waals surface area contributed by atoms with Crippen LogP contribution in [-0.2, 0) is 14.3 Å². The first-order chi connectivity index (χ1) is 16.6. The Labute approximate surface area is 199 Å². The zero-order valence-electron chi connectivity index (χ0n) is 18.8. The summed E-state index contributed by atoms with van der Waals surface area (Å²) in [5.41, 5.74) is 3.83. The Hall–Kier alpha value is -3.56. The zero-order valence-corrected chi connectivity index (χ0v) is 18.8. The van der Waals surface area contributed by atoms with Crippen LogP contribution in [0.4, 0.5) is 18.0 Å². The zero-order chi connectivity index (χ0) is 25.2. The Bertz CT molecular complexity index is 1070. The molecule has 2 aromatic rings. The lowest BCUT2D eigenvalue weighted by atomic mass is 9.96. The van der Waals surface area contributed by atoms with Crippen molar-refractivity contribution in [2.75, 3.05) is 19.7 Å². The van der Waals surface area contributed by atoms with Crippen molar-refractivity contribution in [1.82, 2.24) is 10.2 Å². The average Bonchev–Trinajstić information content (AvgIpc) is 3.15. The molecular weight excluding hydrogens is 465 g/mol. The fourth-order valence-electron chi connectivity index (χ4n) is 4.71. The second-order valence-electron chi connectivity index (χ2n) is 8.76. The molecule has 186 valence electrons. The second-order valence-corrected chi connectivity index (χ2v) is 8.76. The molecule has 10 heteroatoms. The van der Waals surface area contributed by atoms with Gasteiger partial charge in [0.2, 0.25) is 5.91 Å². The lowest BCUT2D eigenvalue weighted by Gasteiger charge is -2.31. The van der Waals surface area contributed by atoms with Crippen molar-refractivity contribution in [1.29, 1.82) is 0 Å². The van der Waals surface area contributed by atoms with Crippen molar-refractivity contribution in [2.45, 2.75) is 37.4 Å². The van der Waals surface area contributed by atoms with Gasteiger partial charge in [0.1, 0.15) is 12.6 Å². The number of alkyl carbamates (subject to hydrolysis) is 1. The van der Waals surface area contributed by atoms with E-state index < -0.39 is 42.5 Å². The minimum Gasteiger partial charge on any atom is -0.481 e. The number of nitrogens with one attached hydrogen (secondary N) is 1. The summed E-state index contributed by atoms with van der Waals surface area (Å²) in [4.78, 5) is 37.0. The fraction of sp³-hybridized carbons (Fsp3) is 0.400. The molecule has 1 aliphatic heterocycles. The van der Waals surface area contributed by atoms with E-state index in [0.29, 0.717) is 0 Å². The highest BCUT2D eigenvalue weighted by Crippen LogP contribution is 2.44. The van der Waals surface area contributed by atoms with Crippen LogP contribution >= 0.6 is 0 Å². The number of carboxylic acids is 1. The van der Waals surface area contributed by atoms with Crippen molar-refractivity contribution in [3.63, 3.8) is 0 Å². The molecule has 2 amide bonds. The van der Waals surface area contributed by atoms with Crippen molar-refractivity contribution in [3.05, 3.63) is 59.7 Å². The Balaban J connectivity index is 1.37. The van der Waals surface area contributed by atoms with Gasteiger partial charge in [0, 0.05) is 19.0 Å². The maximum absolute atomic E-state index is 13.6. The van der Waals surface area contributed by atoms with Crippen LogP contribution in [0.5, 0.6) is 0 Å². The standard InChI is InChI=1S/C25H25F3N2O5/c26-25(27,28)21(13-22(31)30-11-9-15(10-12-30)23(32)33)29-24(34)35-14-20-18-7-3-1-5-16(18)17-6-2-4-8-19(17)20/h1-8,15,20-21H,9-14H2,(H,29,34)(H,32,33). The molecule has 2 N–H and O–H groups in total. The number of benzene rings is 2. The average molecular weight is 490 g/mol. The number of nitrogens with zero attached hydrogens (tertiary/aromatic N) is 1. The summed E-state index contributed by atoms with van der Waals surface area (Å²) >= 11 is 0. The number of hydrogen-bond donors (Lipinski definition) is 2. The Morgan fingerprint density at radius 3 is 2.06 bits per heavy atom. The number of carbonyl (C=O) groups is 3. The van der Waals surface area contributed by atoms with E-state index in [2.05, 4.69) is 0 Å². The van der Waals surface area contributed by atoms with Gasteiger partial charge in [-0.25, -0.2) is 4.79 Å². The van der Waals surface area contributed by atoms with Gasteiger partial charge in [0.25, 0.3) is 0 Å². The van der Waals surface area contributed by atoms with Gasteiger partial charge >= 0.3 is 18.2 Å². The highest BCUT2D eigenvalue weighted by atomic mass is 19.4. The van der Waals surface area contributed by atoms with Crippen LogP contribution in [-0.4, -0.2) is 59.9 Å². The first-order valence-corrected chi connectivity index (χ1v) is 11.3. The molecule has 35 heavy (non-hydrogen) atoms. The van der Waals surface area contributed by atoms with Gasteiger partial charge in [-0.3, -0.25) is 9.59 Å². The van der Waals surface area contributed by atoms with Gasteiger partial charge in [0.15, 0.2) is 0 Å². The monoisotopic (exact) mass is 490 g/mol. The summed E-state index contributed by atoms with van der Waals surface area (Å²) in [6.07, 6.45) is -6.74. The number of amides is 2. The maximum atomic E-state index is 13.6. The minimum absolute atomic E-state index is 0.0608. The predicted octanol–water partition coefficient (Wildman–Crippen LogP) is 4.17. The summed E-state index contributed by atoms with van der Waals surface area (Å²) in [6.45, 7) is -0.0300. The number of hydrogen-bond acceptors (Lipinski definition) is 4. The number of fused-ring (bicyclic) bond motifs is 3. The number of ether oxygens (including phenoxy) is 1. The molecule has 4 rings (SSSR count). The first kappa shape index (κ1) is 24.6. The molecular formula is C25H25F3N2O5. The Morgan fingerprint density at radius 1 is 1.00 bits per heavy atom. The quantitative estimate of drug-likeness (QED) is 0.634. The van der Waals surface area contributed by atoms with Crippen LogP contribution in [0.1, 0.15) is 36.3 Å². The highest BCUT2D eigenvalue weighted by Gasteiger charge is 2.43. The smallest absolute Gasteiger partial charge is 0.409 e. The summed E-state index contributed by atoms with van der Waals surface area (Å²) in [5.74, 6) is -2.71. The molecule has 7 nitrogen and oxygen atoms in total. The Kier molecular flexibility index (Phi) is 7.00. The molecule has 0 bridgehead atoms. The molecule has 0 spiro atoms. The van der Waals surface area contributed by atoms with E-state index in [-0.39, 0.29) is 38.5 Å². The Morgan fingerprint density at radius 2 is 1.54 bits per heavy atom. The van der Waals surface area contributed by atoms with Gasteiger partial charge < -0.3 is 20.1 Å². The summed E-state index contributed by atoms with van der Waals surface area (Å²) < 4.78 is 46.0. The highest BCUT2D eigenvalue weighted by molar-refractivity contribution is 5.80. The number of piperidine rings is 1. The molecule has 0 aromatic heterocycles. The van der Waals surface area contributed by atoms with E-state index in [4.69, 9.17) is 9.84 Å². The lowest BCUT2D eigenvalue weighted by Crippen LogP contribution is -2.50. The van der Waals surface area contributed by atoms with Crippen molar-refractivity contribution in [2.24, 2.45) is 5.92 Å². The SMILES string of the molecule is O=C(NC(CC(=O)N1CCC(C(=O)O)CC1)C(F)(F)F)OCC1c2ccccc2-c2ccccc21. The normalized spacial score (nSPS) is 16.8. The number of rotatable bonds is 6. The second kappa shape index (κ2) is 9.97. The molecule has 0 radical (unpaired) electrons. The maximum Gasteiger partial charge on any atom is 0.409 e. The van der Waals surface area contributed by atoms with E-state index in [1.807, 2.05) is 48.5 Å². The van der Waals surface area contributed by atoms with Gasteiger partial charge in [-0.05, 0) is 35.1 Å². The van der Waals surface area contributed by atoms with Crippen LogP contribution in [0.2, 0.25) is 0 Å². The van der Waals surface area contributed by atoms with Crippen LogP contribution in [0.3, 0.4) is 0 Å². The molecule has 0 saturated carbocycles. The van der Waals surface area contributed by atoms with Gasteiger partial charge in [-0.15, -0.1) is 0 Å². The molecule has 1 unspecified atom stereocenters. The first-order valence-electron chi connectivity index (χ1n) is 11.3. The number of aliphatic carboxylic acids is 1. The fourth-order valence-corrected chi connectivity index (χ4v) is 4.71. The summed E-state index contributed by atoms with van der Waals surface area (Å²) in [6, 6.07) is 12.7. The van der Waals surface area contributed by atoms with Crippen molar-refractivity contribution < 1.29 is 37.4 Å². The third-order valence-electron chi connectivity index (χ3n) is 6.61. The molecule has 1 atom stereocenters.